The quantitative estimate of drug-likeness (QED) is 0.741. The van der Waals surface area contributed by atoms with E-state index < -0.39 is 0 Å². The summed E-state index contributed by atoms with van der Waals surface area (Å²) in [5, 5.41) is 2.73. The maximum Gasteiger partial charge on any atom is 0.338 e. The third-order valence-corrected chi connectivity index (χ3v) is 3.52. The minimum atomic E-state index is -0.362. The van der Waals surface area contributed by atoms with Crippen molar-refractivity contribution < 1.29 is 19.1 Å². The van der Waals surface area contributed by atoms with Gasteiger partial charge in [0, 0.05) is 5.69 Å². The van der Waals surface area contributed by atoms with Gasteiger partial charge in [-0.2, -0.15) is 0 Å². The highest BCUT2D eigenvalue weighted by Crippen LogP contribution is 2.14. The van der Waals surface area contributed by atoms with E-state index >= 15 is 0 Å². The first kappa shape index (κ1) is 18.5. The first-order chi connectivity index (χ1) is 12.1. The molecule has 1 amide bonds. The Labute approximate surface area is 148 Å². The molecule has 0 aromatic heterocycles. The van der Waals surface area contributed by atoms with E-state index in [4.69, 9.17) is 9.47 Å². The Morgan fingerprint density at radius 2 is 1.80 bits per heavy atom. The summed E-state index contributed by atoms with van der Waals surface area (Å²) in [5.74, 6) is 0.0468. The lowest BCUT2D eigenvalue weighted by atomic mass is 10.2. The van der Waals surface area contributed by atoms with Gasteiger partial charge in [-0.25, -0.2) is 4.79 Å². The smallest absolute Gasteiger partial charge is 0.338 e. The van der Waals surface area contributed by atoms with Gasteiger partial charge in [0.05, 0.1) is 12.2 Å². The first-order valence-corrected chi connectivity index (χ1v) is 8.41. The summed E-state index contributed by atoms with van der Waals surface area (Å²) in [6.45, 7) is 4.32. The molecule has 0 unspecified atom stereocenters. The molecule has 0 aliphatic rings. The largest absolute Gasteiger partial charge is 0.484 e. The third-order valence-electron chi connectivity index (χ3n) is 3.52. The van der Waals surface area contributed by atoms with E-state index in [0.717, 1.165) is 18.4 Å². The van der Waals surface area contributed by atoms with Gasteiger partial charge >= 0.3 is 5.97 Å². The molecule has 0 aliphatic heterocycles. The number of benzene rings is 2. The van der Waals surface area contributed by atoms with Crippen LogP contribution in [0.2, 0.25) is 0 Å². The van der Waals surface area contributed by atoms with Crippen LogP contribution < -0.4 is 10.1 Å². The molecule has 0 saturated carbocycles. The Bertz CT molecular complexity index is 710. The van der Waals surface area contributed by atoms with Gasteiger partial charge in [-0.1, -0.05) is 26.0 Å². The van der Waals surface area contributed by atoms with Crippen molar-refractivity contribution in [3.63, 3.8) is 0 Å². The average molecular weight is 341 g/mol. The van der Waals surface area contributed by atoms with E-state index in [1.54, 1.807) is 24.3 Å². The molecule has 0 bridgehead atoms. The zero-order chi connectivity index (χ0) is 18.1. The molecule has 2 aromatic rings. The van der Waals surface area contributed by atoms with Crippen molar-refractivity contribution in [2.75, 3.05) is 18.5 Å². The Balaban J connectivity index is 1.84. The van der Waals surface area contributed by atoms with Crippen LogP contribution in [0.1, 0.15) is 36.2 Å². The SMILES string of the molecule is CCCOC(=O)c1ccc(NC(=O)COc2cccc(CC)c2)cc1. The molecule has 132 valence electrons. The number of carbonyl (C=O) groups excluding carboxylic acids is 2. The second-order valence-electron chi connectivity index (χ2n) is 5.55. The number of nitrogens with one attached hydrogen (secondary N) is 1. The molecule has 0 aliphatic carbocycles. The first-order valence-electron chi connectivity index (χ1n) is 8.41. The van der Waals surface area contributed by atoms with Crippen LogP contribution in [0, 0.1) is 0 Å². The van der Waals surface area contributed by atoms with Gasteiger partial charge in [0.2, 0.25) is 0 Å². The van der Waals surface area contributed by atoms with Gasteiger partial charge in [-0.15, -0.1) is 0 Å². The van der Waals surface area contributed by atoms with Crippen LogP contribution in [-0.2, 0) is 16.0 Å². The van der Waals surface area contributed by atoms with Crippen molar-refractivity contribution >= 4 is 17.6 Å². The van der Waals surface area contributed by atoms with Gasteiger partial charge < -0.3 is 14.8 Å². The standard InChI is InChI=1S/C20H23NO4/c1-3-12-24-20(23)16-8-10-17(11-9-16)21-19(22)14-25-18-7-5-6-15(4-2)13-18/h5-11,13H,3-4,12,14H2,1-2H3,(H,21,22). The molecule has 5 nitrogen and oxygen atoms in total. The number of hydrogen-bond donors (Lipinski definition) is 1. The van der Waals surface area contributed by atoms with Gasteiger partial charge in [0.1, 0.15) is 5.75 Å². The zero-order valence-electron chi connectivity index (χ0n) is 14.6. The van der Waals surface area contributed by atoms with Crippen molar-refractivity contribution in [3.05, 3.63) is 59.7 Å². The van der Waals surface area contributed by atoms with Gasteiger partial charge in [0.15, 0.2) is 6.61 Å². The zero-order valence-corrected chi connectivity index (χ0v) is 14.6. The number of hydrogen-bond acceptors (Lipinski definition) is 4. The molecule has 0 saturated heterocycles. The van der Waals surface area contributed by atoms with E-state index in [9.17, 15) is 9.59 Å². The number of rotatable bonds is 8. The summed E-state index contributed by atoms with van der Waals surface area (Å²) < 4.78 is 10.6. The summed E-state index contributed by atoms with van der Waals surface area (Å²) in [5.41, 5.74) is 2.21. The molecule has 2 rings (SSSR count). The third kappa shape index (κ3) is 5.95. The number of ether oxygens (including phenoxy) is 2. The van der Waals surface area contributed by atoms with Crippen LogP contribution in [0.5, 0.6) is 5.75 Å². The number of aryl methyl sites for hydroxylation is 1. The lowest BCUT2D eigenvalue weighted by molar-refractivity contribution is -0.118. The summed E-state index contributed by atoms with van der Waals surface area (Å²) in [7, 11) is 0. The molecule has 0 atom stereocenters. The van der Waals surface area contributed by atoms with Crippen molar-refractivity contribution in [1.82, 2.24) is 0 Å². The highest BCUT2D eigenvalue weighted by Gasteiger charge is 2.08. The van der Waals surface area contributed by atoms with Crippen LogP contribution in [0.4, 0.5) is 5.69 Å². The van der Waals surface area contributed by atoms with Crippen molar-refractivity contribution in [2.45, 2.75) is 26.7 Å². The monoisotopic (exact) mass is 341 g/mol. The van der Waals surface area contributed by atoms with Gasteiger partial charge in [-0.05, 0) is 54.8 Å². The normalized spacial score (nSPS) is 10.2. The molecule has 2 aromatic carbocycles. The summed E-state index contributed by atoms with van der Waals surface area (Å²) >= 11 is 0. The Morgan fingerprint density at radius 1 is 1.04 bits per heavy atom. The Kier molecular flexibility index (Phi) is 7.01. The van der Waals surface area contributed by atoms with Crippen molar-refractivity contribution in [2.24, 2.45) is 0 Å². The fourth-order valence-corrected chi connectivity index (χ4v) is 2.17. The van der Waals surface area contributed by atoms with Gasteiger partial charge in [-0.3, -0.25) is 4.79 Å². The second-order valence-corrected chi connectivity index (χ2v) is 5.55. The molecule has 0 spiro atoms. The predicted molar refractivity (Wildman–Crippen MR) is 97.0 cm³/mol. The number of esters is 1. The fraction of sp³-hybridized carbons (Fsp3) is 0.300. The maximum atomic E-state index is 12.0. The van der Waals surface area contributed by atoms with Crippen LogP contribution in [0.15, 0.2) is 48.5 Å². The van der Waals surface area contributed by atoms with Crippen LogP contribution >= 0.6 is 0 Å². The van der Waals surface area contributed by atoms with E-state index in [2.05, 4.69) is 12.2 Å². The molecule has 25 heavy (non-hydrogen) atoms. The summed E-state index contributed by atoms with van der Waals surface area (Å²) in [6, 6.07) is 14.2. The van der Waals surface area contributed by atoms with E-state index in [0.29, 0.717) is 23.6 Å². The van der Waals surface area contributed by atoms with E-state index in [1.807, 2.05) is 31.2 Å². The molecule has 0 fully saturated rings. The van der Waals surface area contributed by atoms with Crippen molar-refractivity contribution in [1.29, 1.82) is 0 Å². The van der Waals surface area contributed by atoms with Crippen LogP contribution in [-0.4, -0.2) is 25.1 Å². The number of carbonyl (C=O) groups is 2. The van der Waals surface area contributed by atoms with Gasteiger partial charge in [0.25, 0.3) is 5.91 Å². The molecule has 5 heteroatoms. The Morgan fingerprint density at radius 3 is 2.48 bits per heavy atom. The molecule has 1 N–H and O–H groups in total. The van der Waals surface area contributed by atoms with Crippen LogP contribution in [0.3, 0.4) is 0 Å². The minimum absolute atomic E-state index is 0.0759. The minimum Gasteiger partial charge on any atom is -0.484 e. The lowest BCUT2D eigenvalue weighted by Gasteiger charge is -2.09. The molecule has 0 heterocycles. The highest BCUT2D eigenvalue weighted by molar-refractivity contribution is 5.93. The maximum absolute atomic E-state index is 12.0. The average Bonchev–Trinajstić information content (AvgIpc) is 2.65. The molecular formula is C20H23NO4. The topological polar surface area (TPSA) is 64.6 Å². The highest BCUT2D eigenvalue weighted by atomic mass is 16.5. The fourth-order valence-electron chi connectivity index (χ4n) is 2.17. The second kappa shape index (κ2) is 9.47. The van der Waals surface area contributed by atoms with E-state index in [1.165, 1.54) is 0 Å². The van der Waals surface area contributed by atoms with Crippen molar-refractivity contribution in [3.8, 4) is 5.75 Å². The number of anilines is 1. The Hall–Kier alpha value is -2.82. The van der Waals surface area contributed by atoms with E-state index in [-0.39, 0.29) is 18.5 Å². The summed E-state index contributed by atoms with van der Waals surface area (Å²) in [6.07, 6.45) is 1.69. The molecule has 0 radical (unpaired) electrons. The predicted octanol–water partition coefficient (Wildman–Crippen LogP) is 3.83. The lowest BCUT2D eigenvalue weighted by Crippen LogP contribution is -2.20. The molecular weight excluding hydrogens is 318 g/mol. The van der Waals surface area contributed by atoms with Crippen LogP contribution in [0.25, 0.3) is 0 Å². The number of amides is 1. The summed E-state index contributed by atoms with van der Waals surface area (Å²) in [4.78, 5) is 23.7.